The van der Waals surface area contributed by atoms with Crippen LogP contribution in [-0.4, -0.2) is 0 Å². The van der Waals surface area contributed by atoms with Crippen LogP contribution in [0.4, 0.5) is 0 Å². The van der Waals surface area contributed by atoms with Gasteiger partial charge in [-0.15, -0.1) is 0 Å². The predicted molar refractivity (Wildman–Crippen MR) is 61.2 cm³/mol. The van der Waals surface area contributed by atoms with Gasteiger partial charge in [0.2, 0.25) is 5.69 Å². The summed E-state index contributed by atoms with van der Waals surface area (Å²) in [5.74, 6) is 0. The first-order valence-corrected chi connectivity index (χ1v) is 4.79. The molecule has 0 fully saturated rings. The van der Waals surface area contributed by atoms with E-state index in [-0.39, 0.29) is 0 Å². The molecular formula is C13H13N2+. The molecule has 0 unspecified atom stereocenters. The molecule has 0 saturated carbocycles. The summed E-state index contributed by atoms with van der Waals surface area (Å²) in [5.41, 5.74) is 8.29. The van der Waals surface area contributed by atoms with Gasteiger partial charge in [-0.05, 0) is 6.07 Å². The van der Waals surface area contributed by atoms with Gasteiger partial charge < -0.3 is 5.73 Å². The smallest absolute Gasteiger partial charge is 0.210 e. The highest BCUT2D eigenvalue weighted by Crippen LogP contribution is 2.04. The van der Waals surface area contributed by atoms with Gasteiger partial charge >= 0.3 is 0 Å². The molecule has 0 saturated heterocycles. The molecule has 2 heteroatoms. The Labute approximate surface area is 89.3 Å². The molecule has 0 bridgehead atoms. The Hall–Kier alpha value is -2.09. The maximum absolute atomic E-state index is 5.65. The first-order chi connectivity index (χ1) is 7.27. The lowest BCUT2D eigenvalue weighted by atomic mass is 10.2. The number of nitrogens with zero attached hydrogens (tertiary/aromatic N) is 1. The summed E-state index contributed by atoms with van der Waals surface area (Å²) in [6.07, 6.45) is 3.96. The standard InChI is InChI=1S/C13H13N2/c1-11(14)12-6-5-9-15(10-12)13-7-3-2-4-8-13/h2-10H,1,14H2/q+1. The van der Waals surface area contributed by atoms with Crippen molar-refractivity contribution in [2.24, 2.45) is 5.73 Å². The van der Waals surface area contributed by atoms with E-state index in [0.717, 1.165) is 11.3 Å². The van der Waals surface area contributed by atoms with Crippen LogP contribution in [0.5, 0.6) is 0 Å². The van der Waals surface area contributed by atoms with Gasteiger partial charge in [-0.3, -0.25) is 0 Å². The summed E-state index contributed by atoms with van der Waals surface area (Å²) in [5, 5.41) is 0. The van der Waals surface area contributed by atoms with Crippen LogP contribution >= 0.6 is 0 Å². The SMILES string of the molecule is C=C(N)c1ccc[n+](-c2ccccc2)c1. The Morgan fingerprint density at radius 1 is 1.07 bits per heavy atom. The molecule has 1 heterocycles. The minimum Gasteiger partial charge on any atom is -0.399 e. The van der Waals surface area contributed by atoms with Gasteiger partial charge in [0.15, 0.2) is 12.4 Å². The van der Waals surface area contributed by atoms with Crippen LogP contribution in [0.25, 0.3) is 11.4 Å². The zero-order chi connectivity index (χ0) is 10.7. The number of pyridine rings is 1. The maximum atomic E-state index is 5.65. The third-order valence-corrected chi connectivity index (χ3v) is 2.23. The summed E-state index contributed by atoms with van der Waals surface area (Å²) in [7, 11) is 0. The molecule has 0 aliphatic carbocycles. The molecule has 0 amide bonds. The highest BCUT2D eigenvalue weighted by Gasteiger charge is 2.05. The molecule has 0 spiro atoms. The van der Waals surface area contributed by atoms with Crippen molar-refractivity contribution in [1.29, 1.82) is 0 Å². The van der Waals surface area contributed by atoms with Gasteiger partial charge in [-0.1, -0.05) is 24.8 Å². The van der Waals surface area contributed by atoms with Gasteiger partial charge in [-0.2, -0.15) is 4.57 Å². The second kappa shape index (κ2) is 3.96. The molecule has 2 rings (SSSR count). The van der Waals surface area contributed by atoms with Gasteiger partial charge in [-0.25, -0.2) is 0 Å². The molecule has 0 radical (unpaired) electrons. The fourth-order valence-corrected chi connectivity index (χ4v) is 1.43. The number of aromatic nitrogens is 1. The number of hydrogen-bond donors (Lipinski definition) is 1. The first kappa shape index (κ1) is 9.46. The van der Waals surface area contributed by atoms with Crippen molar-refractivity contribution in [2.45, 2.75) is 0 Å². The average Bonchev–Trinajstić information content (AvgIpc) is 2.30. The Kier molecular flexibility index (Phi) is 2.50. The first-order valence-electron chi connectivity index (χ1n) is 4.79. The predicted octanol–water partition coefficient (Wildman–Crippen LogP) is 1.89. The minimum atomic E-state index is 0.584. The number of benzene rings is 1. The van der Waals surface area contributed by atoms with E-state index in [0.29, 0.717) is 5.70 Å². The molecule has 1 aromatic heterocycles. The van der Waals surface area contributed by atoms with E-state index in [9.17, 15) is 0 Å². The third-order valence-electron chi connectivity index (χ3n) is 2.23. The molecule has 0 atom stereocenters. The fourth-order valence-electron chi connectivity index (χ4n) is 1.43. The molecular weight excluding hydrogens is 184 g/mol. The summed E-state index contributed by atoms with van der Waals surface area (Å²) in [6.45, 7) is 3.72. The van der Waals surface area contributed by atoms with Gasteiger partial charge in [0.25, 0.3) is 0 Å². The normalized spacial score (nSPS) is 9.87. The van der Waals surface area contributed by atoms with Crippen LogP contribution in [0, 0.1) is 0 Å². The number of rotatable bonds is 2. The van der Waals surface area contributed by atoms with Crippen molar-refractivity contribution >= 4 is 5.70 Å². The Balaban J connectivity index is 2.46. The second-order valence-electron chi connectivity index (χ2n) is 3.36. The molecule has 0 aliphatic rings. The van der Waals surface area contributed by atoms with E-state index in [1.807, 2.05) is 59.4 Å². The molecule has 15 heavy (non-hydrogen) atoms. The molecule has 2 nitrogen and oxygen atoms in total. The summed E-state index contributed by atoms with van der Waals surface area (Å²) in [4.78, 5) is 0. The van der Waals surface area contributed by atoms with E-state index in [1.165, 1.54) is 0 Å². The molecule has 1 aromatic carbocycles. The van der Waals surface area contributed by atoms with Gasteiger partial charge in [0.05, 0.1) is 5.56 Å². The number of para-hydroxylation sites is 1. The topological polar surface area (TPSA) is 29.9 Å². The maximum Gasteiger partial charge on any atom is 0.210 e. The lowest BCUT2D eigenvalue weighted by Gasteiger charge is -1.98. The zero-order valence-corrected chi connectivity index (χ0v) is 8.43. The van der Waals surface area contributed by atoms with Gasteiger partial charge in [0.1, 0.15) is 0 Å². The summed E-state index contributed by atoms with van der Waals surface area (Å²) in [6, 6.07) is 14.0. The lowest BCUT2D eigenvalue weighted by Crippen LogP contribution is -2.30. The van der Waals surface area contributed by atoms with E-state index in [1.54, 1.807) is 0 Å². The van der Waals surface area contributed by atoms with Gasteiger partial charge in [0, 0.05) is 23.9 Å². The number of hydrogen-bond acceptors (Lipinski definition) is 1. The lowest BCUT2D eigenvalue weighted by molar-refractivity contribution is -0.595. The molecule has 74 valence electrons. The summed E-state index contributed by atoms with van der Waals surface area (Å²) >= 11 is 0. The quantitative estimate of drug-likeness (QED) is 0.732. The largest absolute Gasteiger partial charge is 0.399 e. The highest BCUT2D eigenvalue weighted by atomic mass is 14.9. The van der Waals surface area contributed by atoms with Crippen LogP contribution in [-0.2, 0) is 0 Å². The van der Waals surface area contributed by atoms with Crippen LogP contribution < -0.4 is 10.3 Å². The van der Waals surface area contributed by atoms with Crippen molar-refractivity contribution in [2.75, 3.05) is 0 Å². The Morgan fingerprint density at radius 2 is 1.80 bits per heavy atom. The molecule has 2 N–H and O–H groups in total. The van der Waals surface area contributed by atoms with E-state index in [4.69, 9.17) is 5.73 Å². The van der Waals surface area contributed by atoms with E-state index >= 15 is 0 Å². The van der Waals surface area contributed by atoms with Crippen LogP contribution in [0.1, 0.15) is 5.56 Å². The van der Waals surface area contributed by atoms with E-state index < -0.39 is 0 Å². The van der Waals surface area contributed by atoms with Crippen LogP contribution in [0.2, 0.25) is 0 Å². The third kappa shape index (κ3) is 2.05. The molecule has 2 aromatic rings. The van der Waals surface area contributed by atoms with Crippen molar-refractivity contribution < 1.29 is 4.57 Å². The van der Waals surface area contributed by atoms with E-state index in [2.05, 4.69) is 6.58 Å². The van der Waals surface area contributed by atoms with Crippen LogP contribution in [0.15, 0.2) is 61.4 Å². The number of nitrogens with two attached hydrogens (primary N) is 1. The van der Waals surface area contributed by atoms with Crippen molar-refractivity contribution in [3.63, 3.8) is 0 Å². The average molecular weight is 197 g/mol. The summed E-state index contributed by atoms with van der Waals surface area (Å²) < 4.78 is 2.02. The van der Waals surface area contributed by atoms with Crippen molar-refractivity contribution in [3.05, 3.63) is 67.0 Å². The zero-order valence-electron chi connectivity index (χ0n) is 8.43. The monoisotopic (exact) mass is 197 g/mol. The minimum absolute atomic E-state index is 0.584. The molecule has 0 aliphatic heterocycles. The van der Waals surface area contributed by atoms with Crippen molar-refractivity contribution in [1.82, 2.24) is 0 Å². The highest BCUT2D eigenvalue weighted by molar-refractivity contribution is 5.58. The Morgan fingerprint density at radius 3 is 2.47 bits per heavy atom. The Bertz CT molecular complexity index is 475. The second-order valence-corrected chi connectivity index (χ2v) is 3.36. The van der Waals surface area contributed by atoms with Crippen LogP contribution in [0.3, 0.4) is 0 Å². The fraction of sp³-hybridized carbons (Fsp3) is 0. The van der Waals surface area contributed by atoms with Crippen molar-refractivity contribution in [3.8, 4) is 5.69 Å².